The number of ether oxygens (including phenoxy) is 2. The van der Waals surface area contributed by atoms with Gasteiger partial charge in [0.1, 0.15) is 0 Å². The Morgan fingerprint density at radius 1 is 1.39 bits per heavy atom. The predicted molar refractivity (Wildman–Crippen MR) is 94.8 cm³/mol. The lowest BCUT2D eigenvalue weighted by Crippen LogP contribution is -2.71. The monoisotopic (exact) mass is 325 g/mol. The Kier molecular flexibility index (Phi) is 5.62. The number of nitrogens with one attached hydrogen (secondary N) is 2. The van der Waals surface area contributed by atoms with Crippen LogP contribution in [0.3, 0.4) is 0 Å². The van der Waals surface area contributed by atoms with Crippen LogP contribution in [0.4, 0.5) is 0 Å². The van der Waals surface area contributed by atoms with Gasteiger partial charge in [-0.15, -0.1) is 0 Å². The maximum absolute atomic E-state index is 5.98. The third-order valence-electron chi connectivity index (χ3n) is 5.55. The molecule has 0 aromatic heterocycles. The quantitative estimate of drug-likeness (QED) is 0.616. The molecule has 1 saturated carbocycles. The minimum Gasteiger partial charge on any atom is -0.379 e. The summed E-state index contributed by atoms with van der Waals surface area (Å²) in [6, 6.07) is 0.412. The molecule has 134 valence electrons. The van der Waals surface area contributed by atoms with Crippen molar-refractivity contribution in [2.45, 2.75) is 65.7 Å². The molecular weight excluding hydrogens is 290 g/mol. The molecule has 4 atom stereocenters. The van der Waals surface area contributed by atoms with Crippen LogP contribution in [0.15, 0.2) is 4.99 Å². The number of hydrogen-bond acceptors (Lipinski definition) is 3. The molecule has 23 heavy (non-hydrogen) atoms. The normalized spacial score (nSPS) is 31.8. The Balaban J connectivity index is 1.92. The van der Waals surface area contributed by atoms with Crippen molar-refractivity contribution in [1.29, 1.82) is 0 Å². The Hall–Kier alpha value is -0.810. The third-order valence-corrected chi connectivity index (χ3v) is 5.55. The standard InChI is InChI=1S/C18H35N3O2/c1-17(2,3)13(22-7)11-20-16(19-6)21-14-12-9-8-10-23-15(12)18(14,4)5/h12-15H,8-11H2,1-7H3,(H2,19,20,21). The van der Waals surface area contributed by atoms with Gasteiger partial charge in [0.05, 0.1) is 12.2 Å². The van der Waals surface area contributed by atoms with E-state index in [-0.39, 0.29) is 16.9 Å². The first-order valence-corrected chi connectivity index (χ1v) is 8.83. The molecule has 1 saturated heterocycles. The number of aliphatic imine (C=N–C) groups is 1. The van der Waals surface area contributed by atoms with Crippen molar-refractivity contribution in [3.63, 3.8) is 0 Å². The van der Waals surface area contributed by atoms with Crippen LogP contribution in [-0.2, 0) is 9.47 Å². The van der Waals surface area contributed by atoms with Crippen molar-refractivity contribution in [2.75, 3.05) is 27.3 Å². The van der Waals surface area contributed by atoms with E-state index in [0.717, 1.165) is 25.5 Å². The summed E-state index contributed by atoms with van der Waals surface area (Å²) < 4.78 is 11.6. The zero-order valence-electron chi connectivity index (χ0n) is 15.9. The summed E-state index contributed by atoms with van der Waals surface area (Å²) in [5.41, 5.74) is 0.242. The van der Waals surface area contributed by atoms with Crippen LogP contribution in [-0.4, -0.2) is 51.5 Å². The number of guanidine groups is 1. The molecule has 0 radical (unpaired) electrons. The first-order valence-electron chi connectivity index (χ1n) is 8.83. The van der Waals surface area contributed by atoms with E-state index in [2.05, 4.69) is 50.2 Å². The summed E-state index contributed by atoms with van der Waals surface area (Å²) in [7, 11) is 3.60. The topological polar surface area (TPSA) is 54.9 Å². The molecule has 1 aliphatic carbocycles. The summed E-state index contributed by atoms with van der Waals surface area (Å²) in [6.45, 7) is 12.8. The van der Waals surface area contributed by atoms with Crippen LogP contribution in [0.25, 0.3) is 0 Å². The first-order chi connectivity index (χ1) is 10.7. The summed E-state index contributed by atoms with van der Waals surface area (Å²) in [4.78, 5) is 4.40. The fraction of sp³-hybridized carbons (Fsp3) is 0.944. The molecule has 0 aromatic rings. The number of rotatable bonds is 4. The highest BCUT2D eigenvalue weighted by Crippen LogP contribution is 2.51. The highest BCUT2D eigenvalue weighted by molar-refractivity contribution is 5.80. The first kappa shape index (κ1) is 18.5. The van der Waals surface area contributed by atoms with E-state index in [0.29, 0.717) is 18.1 Å². The van der Waals surface area contributed by atoms with Gasteiger partial charge in [-0.1, -0.05) is 34.6 Å². The largest absolute Gasteiger partial charge is 0.379 e. The van der Waals surface area contributed by atoms with Gasteiger partial charge in [0.25, 0.3) is 0 Å². The molecule has 0 aromatic carbocycles. The molecule has 4 unspecified atom stereocenters. The van der Waals surface area contributed by atoms with E-state index >= 15 is 0 Å². The molecule has 0 amide bonds. The summed E-state index contributed by atoms with van der Waals surface area (Å²) in [5, 5.41) is 7.06. The molecular formula is C18H35N3O2. The zero-order valence-corrected chi connectivity index (χ0v) is 15.9. The Morgan fingerprint density at radius 2 is 2.09 bits per heavy atom. The van der Waals surface area contributed by atoms with Gasteiger partial charge < -0.3 is 20.1 Å². The van der Waals surface area contributed by atoms with E-state index in [1.165, 1.54) is 6.42 Å². The van der Waals surface area contributed by atoms with Crippen molar-refractivity contribution >= 4 is 5.96 Å². The lowest BCUT2D eigenvalue weighted by molar-refractivity contribution is -0.188. The molecule has 0 bridgehead atoms. The number of fused-ring (bicyclic) bond motifs is 1. The molecule has 5 heteroatoms. The second-order valence-corrected chi connectivity index (χ2v) is 8.58. The van der Waals surface area contributed by atoms with Crippen LogP contribution in [0.1, 0.15) is 47.5 Å². The second kappa shape index (κ2) is 6.98. The van der Waals surface area contributed by atoms with Crippen molar-refractivity contribution < 1.29 is 9.47 Å². The maximum Gasteiger partial charge on any atom is 0.191 e. The van der Waals surface area contributed by atoms with Gasteiger partial charge in [-0.25, -0.2) is 0 Å². The van der Waals surface area contributed by atoms with Crippen LogP contribution in [0.2, 0.25) is 0 Å². The smallest absolute Gasteiger partial charge is 0.191 e. The molecule has 5 nitrogen and oxygen atoms in total. The molecule has 1 heterocycles. The van der Waals surface area contributed by atoms with Gasteiger partial charge in [-0.05, 0) is 18.3 Å². The summed E-state index contributed by atoms with van der Waals surface area (Å²) >= 11 is 0. The van der Waals surface area contributed by atoms with Crippen molar-refractivity contribution in [2.24, 2.45) is 21.7 Å². The van der Waals surface area contributed by atoms with Gasteiger partial charge in [0.15, 0.2) is 5.96 Å². The van der Waals surface area contributed by atoms with Crippen LogP contribution < -0.4 is 10.6 Å². The second-order valence-electron chi connectivity index (χ2n) is 8.58. The highest BCUT2D eigenvalue weighted by atomic mass is 16.5. The Bertz CT molecular complexity index is 428. The molecule has 2 N–H and O–H groups in total. The minimum absolute atomic E-state index is 0.0959. The molecule has 2 fully saturated rings. The number of methoxy groups -OCH3 is 1. The lowest BCUT2D eigenvalue weighted by atomic mass is 9.55. The summed E-state index contributed by atoms with van der Waals surface area (Å²) in [5.74, 6) is 1.46. The summed E-state index contributed by atoms with van der Waals surface area (Å²) in [6.07, 6.45) is 2.93. The maximum atomic E-state index is 5.98. The van der Waals surface area contributed by atoms with E-state index < -0.39 is 0 Å². The number of hydrogen-bond donors (Lipinski definition) is 2. The van der Waals surface area contributed by atoms with Gasteiger partial charge in [0, 0.05) is 44.7 Å². The van der Waals surface area contributed by atoms with Crippen molar-refractivity contribution in [1.82, 2.24) is 10.6 Å². The highest BCUT2D eigenvalue weighted by Gasteiger charge is 2.58. The van der Waals surface area contributed by atoms with Gasteiger partial charge in [-0.3, -0.25) is 4.99 Å². The number of nitrogens with zero attached hydrogens (tertiary/aromatic N) is 1. The molecule has 2 rings (SSSR count). The molecule has 2 aliphatic rings. The van der Waals surface area contributed by atoms with Crippen LogP contribution in [0, 0.1) is 16.7 Å². The van der Waals surface area contributed by atoms with Crippen molar-refractivity contribution in [3.8, 4) is 0 Å². The van der Waals surface area contributed by atoms with Gasteiger partial charge in [-0.2, -0.15) is 0 Å². The fourth-order valence-corrected chi connectivity index (χ4v) is 4.09. The fourth-order valence-electron chi connectivity index (χ4n) is 4.09. The Labute approximate surface area is 141 Å². The van der Waals surface area contributed by atoms with Crippen LogP contribution in [0.5, 0.6) is 0 Å². The van der Waals surface area contributed by atoms with E-state index in [1.807, 2.05) is 7.05 Å². The minimum atomic E-state index is 0.0959. The van der Waals surface area contributed by atoms with Crippen molar-refractivity contribution in [3.05, 3.63) is 0 Å². The van der Waals surface area contributed by atoms with E-state index in [1.54, 1.807) is 7.11 Å². The van der Waals surface area contributed by atoms with Crippen LogP contribution >= 0.6 is 0 Å². The Morgan fingerprint density at radius 3 is 2.65 bits per heavy atom. The average molecular weight is 325 g/mol. The van der Waals surface area contributed by atoms with Gasteiger partial charge >= 0.3 is 0 Å². The predicted octanol–water partition coefficient (Wildman–Crippen LogP) is 2.42. The average Bonchev–Trinajstić information content (AvgIpc) is 2.49. The lowest BCUT2D eigenvalue weighted by Gasteiger charge is -2.60. The molecule has 1 aliphatic heterocycles. The van der Waals surface area contributed by atoms with E-state index in [4.69, 9.17) is 9.47 Å². The molecule has 0 spiro atoms. The van der Waals surface area contributed by atoms with Gasteiger partial charge in [0.2, 0.25) is 0 Å². The van der Waals surface area contributed by atoms with E-state index in [9.17, 15) is 0 Å². The zero-order chi connectivity index (χ0) is 17.3. The third kappa shape index (κ3) is 3.82. The SMILES string of the molecule is CN=C(NCC(OC)C(C)(C)C)NC1C2CCCOC2C1(C)C.